The largest absolute Gasteiger partial charge is 0.394 e. The van der Waals surface area contributed by atoms with Gasteiger partial charge in [-0.1, -0.05) is 18.2 Å². The average molecular weight is 264 g/mol. The van der Waals surface area contributed by atoms with Crippen molar-refractivity contribution >= 4 is 11.6 Å². The summed E-state index contributed by atoms with van der Waals surface area (Å²) in [5.41, 5.74) is 2.09. The number of ether oxygens (including phenoxy) is 1. The number of nitrogens with one attached hydrogen (secondary N) is 2. The van der Waals surface area contributed by atoms with Gasteiger partial charge in [-0.2, -0.15) is 0 Å². The van der Waals surface area contributed by atoms with Crippen LogP contribution < -0.4 is 10.6 Å². The highest BCUT2D eigenvalue weighted by molar-refractivity contribution is 5.96. The highest BCUT2D eigenvalue weighted by atomic mass is 16.5. The summed E-state index contributed by atoms with van der Waals surface area (Å²) in [7, 11) is 0. The minimum atomic E-state index is -0.190. The number of aliphatic hydroxyl groups is 1. The van der Waals surface area contributed by atoms with Crippen molar-refractivity contribution < 1.29 is 14.6 Å². The first-order valence-electron chi connectivity index (χ1n) is 6.62. The molecule has 0 bridgehead atoms. The van der Waals surface area contributed by atoms with Crippen LogP contribution in [0.5, 0.6) is 0 Å². The van der Waals surface area contributed by atoms with Crippen molar-refractivity contribution in [3.63, 3.8) is 0 Å². The Morgan fingerprint density at radius 2 is 2.21 bits per heavy atom. The molecular weight excluding hydrogens is 244 g/mol. The number of anilines is 1. The molecule has 0 fully saturated rings. The van der Waals surface area contributed by atoms with Crippen molar-refractivity contribution in [2.45, 2.75) is 18.9 Å². The van der Waals surface area contributed by atoms with Crippen LogP contribution in [0.3, 0.4) is 0 Å². The Hall–Kier alpha value is -1.43. The molecule has 5 nitrogen and oxygen atoms in total. The number of aliphatic hydroxyl groups excluding tert-OH is 1. The van der Waals surface area contributed by atoms with Gasteiger partial charge in [-0.25, -0.2) is 0 Å². The predicted molar refractivity (Wildman–Crippen MR) is 73.1 cm³/mol. The van der Waals surface area contributed by atoms with Gasteiger partial charge in [0.25, 0.3) is 0 Å². The van der Waals surface area contributed by atoms with Crippen molar-refractivity contribution in [2.75, 3.05) is 31.7 Å². The lowest BCUT2D eigenvalue weighted by Gasteiger charge is -2.15. The van der Waals surface area contributed by atoms with Crippen molar-refractivity contribution in [1.82, 2.24) is 5.32 Å². The van der Waals surface area contributed by atoms with Gasteiger partial charge in [0, 0.05) is 12.2 Å². The molecule has 1 aromatic rings. The molecule has 1 amide bonds. The first-order chi connectivity index (χ1) is 9.31. The Labute approximate surface area is 113 Å². The Kier molecular flexibility index (Phi) is 5.32. The number of hydrogen-bond acceptors (Lipinski definition) is 4. The van der Waals surface area contributed by atoms with Gasteiger partial charge in [0.1, 0.15) is 0 Å². The lowest BCUT2D eigenvalue weighted by Crippen LogP contribution is -2.41. The van der Waals surface area contributed by atoms with Gasteiger partial charge in [0.15, 0.2) is 0 Å². The number of carbonyl (C=O) groups excluding carboxylic acids is 1. The van der Waals surface area contributed by atoms with E-state index in [-0.39, 0.29) is 18.6 Å². The molecule has 0 aromatic heterocycles. The van der Waals surface area contributed by atoms with E-state index >= 15 is 0 Å². The van der Waals surface area contributed by atoms with Crippen LogP contribution in [0.15, 0.2) is 24.3 Å². The Balaban J connectivity index is 1.83. The van der Waals surface area contributed by atoms with E-state index < -0.39 is 0 Å². The zero-order chi connectivity index (χ0) is 13.5. The van der Waals surface area contributed by atoms with E-state index in [9.17, 15) is 4.79 Å². The third-order valence-electron chi connectivity index (χ3n) is 3.17. The molecule has 1 atom stereocenters. The summed E-state index contributed by atoms with van der Waals surface area (Å²) < 4.78 is 5.16. The fourth-order valence-corrected chi connectivity index (χ4v) is 2.18. The van der Waals surface area contributed by atoms with Crippen LogP contribution in [-0.2, 0) is 16.0 Å². The zero-order valence-corrected chi connectivity index (χ0v) is 10.9. The van der Waals surface area contributed by atoms with Crippen molar-refractivity contribution in [2.24, 2.45) is 0 Å². The summed E-state index contributed by atoms with van der Waals surface area (Å²) in [5, 5.41) is 14.7. The van der Waals surface area contributed by atoms with Crippen LogP contribution in [0, 0.1) is 0 Å². The van der Waals surface area contributed by atoms with Crippen LogP contribution in [0.2, 0.25) is 0 Å². The topological polar surface area (TPSA) is 70.6 Å². The number of aryl methyl sites for hydroxylation is 1. The molecule has 1 aromatic carbocycles. The highest BCUT2D eigenvalue weighted by Gasteiger charge is 2.22. The van der Waals surface area contributed by atoms with E-state index in [0.29, 0.717) is 19.8 Å². The Morgan fingerprint density at radius 3 is 3.05 bits per heavy atom. The van der Waals surface area contributed by atoms with E-state index in [0.717, 1.165) is 18.5 Å². The number of carbonyl (C=O) groups is 1. The molecule has 0 spiro atoms. The molecule has 5 heteroatoms. The van der Waals surface area contributed by atoms with Crippen molar-refractivity contribution in [3.8, 4) is 0 Å². The zero-order valence-electron chi connectivity index (χ0n) is 10.9. The van der Waals surface area contributed by atoms with Crippen molar-refractivity contribution in [1.29, 1.82) is 0 Å². The van der Waals surface area contributed by atoms with E-state index in [4.69, 9.17) is 9.84 Å². The van der Waals surface area contributed by atoms with Gasteiger partial charge in [0.05, 0.1) is 25.9 Å². The van der Waals surface area contributed by atoms with Gasteiger partial charge in [-0.15, -0.1) is 0 Å². The minimum absolute atomic E-state index is 0.00658. The molecule has 1 aliphatic rings. The lowest BCUT2D eigenvalue weighted by molar-refractivity contribution is -0.118. The summed E-state index contributed by atoms with van der Waals surface area (Å²) in [6.45, 7) is 1.47. The predicted octanol–water partition coefficient (Wildman–Crippen LogP) is 0.538. The number of benzene rings is 1. The number of hydrogen-bond donors (Lipinski definition) is 3. The van der Waals surface area contributed by atoms with Gasteiger partial charge in [0.2, 0.25) is 5.91 Å². The summed E-state index contributed by atoms with van der Waals surface area (Å²) in [5.74, 6) is 0.00658. The Bertz CT molecular complexity index is 423. The second-order valence-electron chi connectivity index (χ2n) is 4.53. The molecule has 3 N–H and O–H groups in total. The van der Waals surface area contributed by atoms with E-state index in [1.165, 1.54) is 5.56 Å². The third kappa shape index (κ3) is 4.02. The maximum Gasteiger partial charge on any atom is 0.241 e. The molecule has 19 heavy (non-hydrogen) atoms. The minimum Gasteiger partial charge on any atom is -0.394 e. The number of para-hydroxylation sites is 1. The number of fused-ring (bicyclic) bond motifs is 1. The quantitative estimate of drug-likeness (QED) is 0.656. The number of rotatable bonds is 6. The first kappa shape index (κ1) is 14.0. The SMILES string of the molecule is O=C1Nc2ccccc2CCC1NCCOCCO. The average Bonchev–Trinajstić information content (AvgIpc) is 2.58. The molecule has 1 unspecified atom stereocenters. The van der Waals surface area contributed by atoms with Crippen LogP contribution in [0.1, 0.15) is 12.0 Å². The van der Waals surface area contributed by atoms with Gasteiger partial charge >= 0.3 is 0 Å². The third-order valence-corrected chi connectivity index (χ3v) is 3.17. The molecule has 0 saturated heterocycles. The molecular formula is C14H20N2O3. The van der Waals surface area contributed by atoms with Crippen LogP contribution in [-0.4, -0.2) is 43.4 Å². The lowest BCUT2D eigenvalue weighted by atomic mass is 10.1. The monoisotopic (exact) mass is 264 g/mol. The maximum atomic E-state index is 12.0. The van der Waals surface area contributed by atoms with Crippen molar-refractivity contribution in [3.05, 3.63) is 29.8 Å². The normalized spacial score (nSPS) is 18.6. The molecule has 1 aliphatic heterocycles. The second-order valence-corrected chi connectivity index (χ2v) is 4.53. The van der Waals surface area contributed by atoms with Crippen LogP contribution in [0.25, 0.3) is 0 Å². The fourth-order valence-electron chi connectivity index (χ4n) is 2.18. The molecule has 0 radical (unpaired) electrons. The van der Waals surface area contributed by atoms with E-state index in [1.807, 2.05) is 24.3 Å². The van der Waals surface area contributed by atoms with Gasteiger partial charge in [-0.05, 0) is 24.5 Å². The van der Waals surface area contributed by atoms with Crippen LogP contribution >= 0.6 is 0 Å². The maximum absolute atomic E-state index is 12.0. The van der Waals surface area contributed by atoms with Gasteiger partial charge in [-0.3, -0.25) is 4.79 Å². The summed E-state index contributed by atoms with van der Waals surface area (Å²) in [6.07, 6.45) is 1.66. The Morgan fingerprint density at radius 1 is 1.37 bits per heavy atom. The number of amides is 1. The van der Waals surface area contributed by atoms with Crippen LogP contribution in [0.4, 0.5) is 5.69 Å². The molecule has 104 valence electrons. The highest BCUT2D eigenvalue weighted by Crippen LogP contribution is 2.21. The molecule has 2 rings (SSSR count). The smallest absolute Gasteiger partial charge is 0.241 e. The summed E-state index contributed by atoms with van der Waals surface area (Å²) in [6, 6.07) is 7.70. The molecule has 1 heterocycles. The van der Waals surface area contributed by atoms with E-state index in [1.54, 1.807) is 0 Å². The summed E-state index contributed by atoms with van der Waals surface area (Å²) in [4.78, 5) is 12.0. The fraction of sp³-hybridized carbons (Fsp3) is 0.500. The molecule has 0 aliphatic carbocycles. The molecule has 0 saturated carbocycles. The van der Waals surface area contributed by atoms with E-state index in [2.05, 4.69) is 10.6 Å². The first-order valence-corrected chi connectivity index (χ1v) is 6.62. The second kappa shape index (κ2) is 7.23. The summed E-state index contributed by atoms with van der Waals surface area (Å²) >= 11 is 0. The standard InChI is InChI=1S/C14H20N2O3/c17-8-10-19-9-7-15-13-6-5-11-3-1-2-4-12(11)16-14(13)18/h1-4,13,15,17H,5-10H2,(H,16,18). The van der Waals surface area contributed by atoms with Gasteiger partial charge < -0.3 is 20.5 Å².